The van der Waals surface area contributed by atoms with Crippen molar-refractivity contribution in [1.29, 1.82) is 0 Å². The molecule has 0 aliphatic heterocycles. The summed E-state index contributed by atoms with van der Waals surface area (Å²) in [6.45, 7) is 4.33. The summed E-state index contributed by atoms with van der Waals surface area (Å²) >= 11 is 2.22. The van der Waals surface area contributed by atoms with E-state index >= 15 is 0 Å². The maximum absolute atomic E-state index is 11.9. The molecule has 0 atom stereocenters. The van der Waals surface area contributed by atoms with E-state index in [1.54, 1.807) is 10.9 Å². The number of halogens is 1. The van der Waals surface area contributed by atoms with Gasteiger partial charge in [0.05, 0.1) is 5.69 Å². The van der Waals surface area contributed by atoms with Gasteiger partial charge in [-0.05, 0) is 78.4 Å². The molecule has 1 amide bonds. The summed E-state index contributed by atoms with van der Waals surface area (Å²) in [5.41, 5.74) is 2.90. The summed E-state index contributed by atoms with van der Waals surface area (Å²) in [5, 5.41) is 7.24. The van der Waals surface area contributed by atoms with Crippen molar-refractivity contribution in [3.63, 3.8) is 0 Å². The van der Waals surface area contributed by atoms with Gasteiger partial charge in [-0.15, -0.1) is 0 Å². The molecule has 6 nitrogen and oxygen atoms in total. The first-order chi connectivity index (χ1) is 12.5. The number of aromatic nitrogens is 3. The van der Waals surface area contributed by atoms with E-state index in [9.17, 15) is 4.79 Å². The third kappa shape index (κ3) is 4.81. The number of carbonyl (C=O) groups excluding carboxylic acids is 1. The lowest BCUT2D eigenvalue weighted by Gasteiger charge is -2.08. The minimum atomic E-state index is -0.175. The van der Waals surface area contributed by atoms with Gasteiger partial charge < -0.3 is 10.1 Å². The Bertz CT molecular complexity index is 889. The Hall–Kier alpha value is -2.42. The van der Waals surface area contributed by atoms with Crippen LogP contribution in [0.15, 0.2) is 48.7 Å². The second-order valence-electron chi connectivity index (χ2n) is 5.88. The average molecular weight is 462 g/mol. The molecule has 1 N–H and O–H groups in total. The van der Waals surface area contributed by atoms with Gasteiger partial charge in [-0.25, -0.2) is 9.67 Å². The predicted molar refractivity (Wildman–Crippen MR) is 107 cm³/mol. The molecule has 0 bridgehead atoms. The van der Waals surface area contributed by atoms with Crippen LogP contribution in [0, 0.1) is 17.4 Å². The molecule has 0 radical (unpaired) electrons. The molecule has 26 heavy (non-hydrogen) atoms. The zero-order valence-electron chi connectivity index (χ0n) is 14.6. The number of hydrogen-bond donors (Lipinski definition) is 1. The fraction of sp³-hybridized carbons (Fsp3) is 0.211. The quantitative estimate of drug-likeness (QED) is 0.572. The Labute approximate surface area is 165 Å². The number of ether oxygens (including phenoxy) is 1. The van der Waals surface area contributed by atoms with Crippen LogP contribution in [0.3, 0.4) is 0 Å². The maximum atomic E-state index is 11.9. The van der Waals surface area contributed by atoms with Gasteiger partial charge in [0, 0.05) is 22.0 Å². The third-order valence-corrected chi connectivity index (χ3v) is 4.43. The van der Waals surface area contributed by atoms with Gasteiger partial charge >= 0.3 is 0 Å². The Morgan fingerprint density at radius 2 is 1.96 bits per heavy atom. The van der Waals surface area contributed by atoms with Crippen molar-refractivity contribution >= 4 is 28.5 Å². The minimum Gasteiger partial charge on any atom is -0.484 e. The molecule has 0 aliphatic rings. The normalized spacial score (nSPS) is 10.6. The van der Waals surface area contributed by atoms with Crippen LogP contribution < -0.4 is 10.1 Å². The van der Waals surface area contributed by atoms with Crippen molar-refractivity contribution in [2.75, 3.05) is 6.61 Å². The molecule has 0 saturated carbocycles. The van der Waals surface area contributed by atoms with Crippen molar-refractivity contribution in [1.82, 2.24) is 20.1 Å². The summed E-state index contributed by atoms with van der Waals surface area (Å²) < 4.78 is 8.38. The van der Waals surface area contributed by atoms with Crippen molar-refractivity contribution in [2.45, 2.75) is 20.4 Å². The lowest BCUT2D eigenvalue weighted by Crippen LogP contribution is -2.28. The summed E-state index contributed by atoms with van der Waals surface area (Å²) in [4.78, 5) is 16.3. The zero-order chi connectivity index (χ0) is 18.5. The molecule has 2 heterocycles. The van der Waals surface area contributed by atoms with Gasteiger partial charge in [0.15, 0.2) is 12.4 Å². The van der Waals surface area contributed by atoms with Crippen LogP contribution in [0.1, 0.15) is 17.0 Å². The van der Waals surface area contributed by atoms with Crippen molar-refractivity contribution in [3.05, 3.63) is 69.2 Å². The first-order valence-electron chi connectivity index (χ1n) is 8.15. The highest BCUT2D eigenvalue weighted by Gasteiger charge is 2.06. The highest BCUT2D eigenvalue weighted by molar-refractivity contribution is 14.1. The van der Waals surface area contributed by atoms with Crippen molar-refractivity contribution in [2.24, 2.45) is 0 Å². The molecule has 134 valence electrons. The van der Waals surface area contributed by atoms with Crippen LogP contribution in [-0.2, 0) is 11.3 Å². The van der Waals surface area contributed by atoms with Gasteiger partial charge in [-0.3, -0.25) is 4.79 Å². The molecule has 0 aliphatic carbocycles. The van der Waals surface area contributed by atoms with Crippen LogP contribution in [0.2, 0.25) is 0 Å². The number of pyridine rings is 1. The molecule has 0 fully saturated rings. The number of aryl methyl sites for hydroxylation is 2. The monoisotopic (exact) mass is 462 g/mol. The van der Waals surface area contributed by atoms with Crippen LogP contribution in [0.4, 0.5) is 0 Å². The Kier molecular flexibility index (Phi) is 5.87. The molecule has 0 saturated heterocycles. The van der Waals surface area contributed by atoms with Gasteiger partial charge in [0.2, 0.25) is 0 Å². The average Bonchev–Trinajstić information content (AvgIpc) is 2.98. The van der Waals surface area contributed by atoms with Gasteiger partial charge in [0.25, 0.3) is 5.91 Å². The molecule has 0 spiro atoms. The van der Waals surface area contributed by atoms with E-state index in [1.807, 2.05) is 56.3 Å². The van der Waals surface area contributed by atoms with Crippen molar-refractivity contribution < 1.29 is 9.53 Å². The van der Waals surface area contributed by atoms with Crippen LogP contribution in [0.25, 0.3) is 5.82 Å². The molecule has 3 rings (SSSR count). The number of benzene rings is 1. The number of carbonyl (C=O) groups is 1. The van der Waals surface area contributed by atoms with Crippen molar-refractivity contribution in [3.8, 4) is 11.6 Å². The Morgan fingerprint density at radius 1 is 1.19 bits per heavy atom. The summed E-state index contributed by atoms with van der Waals surface area (Å²) in [5.74, 6) is 1.26. The van der Waals surface area contributed by atoms with Gasteiger partial charge in [-0.2, -0.15) is 5.10 Å². The molecular weight excluding hydrogens is 443 g/mol. The molecular formula is C19H19IN4O2. The fourth-order valence-electron chi connectivity index (χ4n) is 2.44. The number of rotatable bonds is 6. The van der Waals surface area contributed by atoms with E-state index in [0.29, 0.717) is 12.3 Å². The summed E-state index contributed by atoms with van der Waals surface area (Å²) in [6.07, 6.45) is 1.74. The highest BCUT2D eigenvalue weighted by Crippen LogP contribution is 2.13. The second kappa shape index (κ2) is 8.31. The molecule has 3 aromatic rings. The largest absolute Gasteiger partial charge is 0.484 e. The topological polar surface area (TPSA) is 69.0 Å². The SMILES string of the molecule is Cc1cc(C)n(-c2ccc(CNC(=O)COc3ccc(I)cc3)cn2)n1. The Balaban J connectivity index is 1.50. The maximum Gasteiger partial charge on any atom is 0.258 e. The zero-order valence-corrected chi connectivity index (χ0v) is 16.7. The first-order valence-corrected chi connectivity index (χ1v) is 9.23. The lowest BCUT2D eigenvalue weighted by atomic mass is 10.3. The fourth-order valence-corrected chi connectivity index (χ4v) is 2.80. The first kappa shape index (κ1) is 18.4. The van der Waals surface area contributed by atoms with E-state index in [-0.39, 0.29) is 12.5 Å². The molecule has 0 unspecified atom stereocenters. The third-order valence-electron chi connectivity index (χ3n) is 3.71. The number of amides is 1. The standard InChI is InChI=1S/C19H19IN4O2/c1-13-9-14(2)24(23-13)18-8-3-15(10-21-18)11-22-19(25)12-26-17-6-4-16(20)5-7-17/h3-10H,11-12H2,1-2H3,(H,22,25). The molecule has 2 aromatic heterocycles. The van der Waals surface area contributed by atoms with E-state index in [0.717, 1.165) is 26.3 Å². The molecule has 1 aromatic carbocycles. The van der Waals surface area contributed by atoms with Crippen LogP contribution in [0.5, 0.6) is 5.75 Å². The van der Waals surface area contributed by atoms with Crippen LogP contribution in [-0.4, -0.2) is 27.3 Å². The summed E-state index contributed by atoms with van der Waals surface area (Å²) in [6, 6.07) is 13.4. The Morgan fingerprint density at radius 3 is 2.58 bits per heavy atom. The van der Waals surface area contributed by atoms with Gasteiger partial charge in [0.1, 0.15) is 5.75 Å². The van der Waals surface area contributed by atoms with E-state index in [1.165, 1.54) is 0 Å². The predicted octanol–water partition coefficient (Wildman–Crippen LogP) is 3.18. The van der Waals surface area contributed by atoms with Crippen LogP contribution >= 0.6 is 22.6 Å². The lowest BCUT2D eigenvalue weighted by molar-refractivity contribution is -0.123. The minimum absolute atomic E-state index is 0.0160. The van der Waals surface area contributed by atoms with E-state index in [4.69, 9.17) is 4.74 Å². The van der Waals surface area contributed by atoms with Gasteiger partial charge in [-0.1, -0.05) is 6.07 Å². The smallest absolute Gasteiger partial charge is 0.258 e. The highest BCUT2D eigenvalue weighted by atomic mass is 127. The number of nitrogens with one attached hydrogen (secondary N) is 1. The number of nitrogens with zero attached hydrogens (tertiary/aromatic N) is 3. The second-order valence-corrected chi connectivity index (χ2v) is 7.13. The van der Waals surface area contributed by atoms with E-state index in [2.05, 4.69) is 38.0 Å². The van der Waals surface area contributed by atoms with E-state index < -0.39 is 0 Å². The summed E-state index contributed by atoms with van der Waals surface area (Å²) in [7, 11) is 0. The number of hydrogen-bond acceptors (Lipinski definition) is 4. The molecule has 7 heteroatoms.